The molecule has 1 fully saturated rings. The van der Waals surface area contributed by atoms with Crippen LogP contribution in [0.4, 0.5) is 0 Å². The van der Waals surface area contributed by atoms with Crippen LogP contribution in [0, 0.1) is 5.92 Å². The highest BCUT2D eigenvalue weighted by Crippen LogP contribution is 2.07. The predicted octanol–water partition coefficient (Wildman–Crippen LogP) is 1.86. The number of carbonyl (C=O) groups is 1. The highest BCUT2D eigenvalue weighted by Gasteiger charge is 2.20. The summed E-state index contributed by atoms with van der Waals surface area (Å²) in [5.41, 5.74) is 0. The number of guanidine groups is 1. The molecule has 7 nitrogen and oxygen atoms in total. The third-order valence-electron chi connectivity index (χ3n) is 4.14. The molecule has 2 N–H and O–H groups in total. The van der Waals surface area contributed by atoms with Gasteiger partial charge in [-0.05, 0) is 18.8 Å². The van der Waals surface area contributed by atoms with Crippen LogP contribution in [0.25, 0.3) is 0 Å². The van der Waals surface area contributed by atoms with Gasteiger partial charge in [0, 0.05) is 46.2 Å². The van der Waals surface area contributed by atoms with Gasteiger partial charge in [-0.2, -0.15) is 0 Å². The summed E-state index contributed by atoms with van der Waals surface area (Å²) in [6.07, 6.45) is 3.55. The zero-order valence-corrected chi connectivity index (χ0v) is 19.1. The van der Waals surface area contributed by atoms with Crippen LogP contribution < -0.4 is 10.6 Å². The lowest BCUT2D eigenvalue weighted by Gasteiger charge is -2.34. The summed E-state index contributed by atoms with van der Waals surface area (Å²) < 4.78 is 10.5. The Morgan fingerprint density at radius 1 is 1.31 bits per heavy atom. The van der Waals surface area contributed by atoms with E-state index >= 15 is 0 Å². The fourth-order valence-corrected chi connectivity index (χ4v) is 2.90. The molecule has 1 unspecified atom stereocenters. The first-order valence-electron chi connectivity index (χ1n) is 9.40. The van der Waals surface area contributed by atoms with Gasteiger partial charge < -0.3 is 20.1 Å². The number of ether oxygens (including phenoxy) is 2. The highest BCUT2D eigenvalue weighted by atomic mass is 127. The zero-order chi connectivity index (χ0) is 18.5. The van der Waals surface area contributed by atoms with E-state index in [-0.39, 0.29) is 36.0 Å². The molecule has 1 rings (SSSR count). The molecule has 154 valence electrons. The van der Waals surface area contributed by atoms with E-state index in [9.17, 15) is 4.79 Å². The van der Waals surface area contributed by atoms with Gasteiger partial charge in [-0.1, -0.05) is 20.3 Å². The summed E-state index contributed by atoms with van der Waals surface area (Å²) in [5, 5.41) is 6.65. The predicted molar refractivity (Wildman–Crippen MR) is 116 cm³/mol. The minimum Gasteiger partial charge on any atom is -0.469 e. The third kappa shape index (κ3) is 11.9. The minimum atomic E-state index is -0.135. The first-order valence-corrected chi connectivity index (χ1v) is 9.40. The third-order valence-corrected chi connectivity index (χ3v) is 4.14. The Balaban J connectivity index is 0.00000625. The van der Waals surface area contributed by atoms with Crippen molar-refractivity contribution in [2.75, 3.05) is 53.5 Å². The second-order valence-electron chi connectivity index (χ2n) is 6.91. The lowest BCUT2D eigenvalue weighted by Crippen LogP contribution is -2.50. The highest BCUT2D eigenvalue weighted by molar-refractivity contribution is 14.0. The first-order chi connectivity index (χ1) is 12.0. The van der Waals surface area contributed by atoms with E-state index in [2.05, 4.69) is 39.1 Å². The Labute approximate surface area is 175 Å². The SMILES string of the molecule is CN=C(NCCCCCC(=O)OC)NCC1CN(CC(C)C)CCO1.I. The zero-order valence-electron chi connectivity index (χ0n) is 16.8. The second-order valence-corrected chi connectivity index (χ2v) is 6.91. The average Bonchev–Trinajstić information content (AvgIpc) is 2.60. The summed E-state index contributed by atoms with van der Waals surface area (Å²) in [6, 6.07) is 0. The van der Waals surface area contributed by atoms with E-state index in [1.165, 1.54) is 7.11 Å². The number of hydrogen-bond donors (Lipinski definition) is 2. The number of morpholine rings is 1. The van der Waals surface area contributed by atoms with E-state index in [0.717, 1.165) is 64.6 Å². The van der Waals surface area contributed by atoms with Crippen molar-refractivity contribution in [2.24, 2.45) is 10.9 Å². The number of esters is 1. The van der Waals surface area contributed by atoms with Crippen molar-refractivity contribution in [3.8, 4) is 0 Å². The van der Waals surface area contributed by atoms with Crippen molar-refractivity contribution in [1.82, 2.24) is 15.5 Å². The maximum Gasteiger partial charge on any atom is 0.305 e. The van der Waals surface area contributed by atoms with E-state index in [1.807, 2.05) is 0 Å². The smallest absolute Gasteiger partial charge is 0.305 e. The molecule has 0 radical (unpaired) electrons. The molecule has 1 aliphatic heterocycles. The number of rotatable bonds is 10. The molecule has 1 atom stereocenters. The van der Waals surface area contributed by atoms with Crippen molar-refractivity contribution in [3.05, 3.63) is 0 Å². The Morgan fingerprint density at radius 2 is 2.08 bits per heavy atom. The minimum absolute atomic E-state index is 0. The van der Waals surface area contributed by atoms with Gasteiger partial charge in [0.2, 0.25) is 0 Å². The number of unbranched alkanes of at least 4 members (excludes halogenated alkanes) is 2. The van der Waals surface area contributed by atoms with Gasteiger partial charge in [0.05, 0.1) is 19.8 Å². The molecule has 0 bridgehead atoms. The summed E-state index contributed by atoms with van der Waals surface area (Å²) in [4.78, 5) is 17.8. The Morgan fingerprint density at radius 3 is 2.73 bits per heavy atom. The molecule has 0 saturated carbocycles. The molecular weight excluding hydrogens is 447 g/mol. The quantitative estimate of drug-likeness (QED) is 0.162. The first kappa shape index (κ1) is 25.4. The largest absolute Gasteiger partial charge is 0.469 e. The molecule has 0 aromatic heterocycles. The van der Waals surface area contributed by atoms with Crippen molar-refractivity contribution in [3.63, 3.8) is 0 Å². The second kappa shape index (κ2) is 15.4. The molecule has 0 aromatic rings. The van der Waals surface area contributed by atoms with Crippen LogP contribution in [-0.2, 0) is 14.3 Å². The number of halogens is 1. The summed E-state index contributed by atoms with van der Waals surface area (Å²) >= 11 is 0. The molecule has 26 heavy (non-hydrogen) atoms. The van der Waals surface area contributed by atoms with Crippen LogP contribution in [0.1, 0.15) is 39.5 Å². The number of carbonyl (C=O) groups excluding carboxylic acids is 1. The number of methoxy groups -OCH3 is 1. The fourth-order valence-electron chi connectivity index (χ4n) is 2.90. The summed E-state index contributed by atoms with van der Waals surface area (Å²) in [5.74, 6) is 1.35. The number of aliphatic imine (C=N–C) groups is 1. The number of nitrogens with one attached hydrogen (secondary N) is 2. The van der Waals surface area contributed by atoms with Crippen molar-refractivity contribution in [2.45, 2.75) is 45.6 Å². The monoisotopic (exact) mass is 484 g/mol. The molecule has 1 heterocycles. The molecule has 0 aliphatic carbocycles. The lowest BCUT2D eigenvalue weighted by atomic mass is 10.2. The van der Waals surface area contributed by atoms with Gasteiger partial charge in [0.25, 0.3) is 0 Å². The van der Waals surface area contributed by atoms with Gasteiger partial charge in [-0.25, -0.2) is 0 Å². The molecule has 8 heteroatoms. The molecule has 0 spiro atoms. The number of nitrogens with zero attached hydrogens (tertiary/aromatic N) is 2. The van der Waals surface area contributed by atoms with Crippen LogP contribution in [0.3, 0.4) is 0 Å². The van der Waals surface area contributed by atoms with Crippen LogP contribution in [-0.4, -0.2) is 76.4 Å². The van der Waals surface area contributed by atoms with Gasteiger partial charge in [0.15, 0.2) is 5.96 Å². The molecule has 0 aromatic carbocycles. The van der Waals surface area contributed by atoms with Crippen molar-refractivity contribution < 1.29 is 14.3 Å². The maximum absolute atomic E-state index is 11.0. The molecule has 1 saturated heterocycles. The fraction of sp³-hybridized carbons (Fsp3) is 0.889. The molecule has 1 aliphatic rings. The van der Waals surface area contributed by atoms with E-state index in [0.29, 0.717) is 12.3 Å². The van der Waals surface area contributed by atoms with Gasteiger partial charge in [-0.15, -0.1) is 24.0 Å². The Kier molecular flexibility index (Phi) is 15.1. The Hall–Kier alpha value is -0.610. The summed E-state index contributed by atoms with van der Waals surface area (Å²) in [6.45, 7) is 10.0. The van der Waals surface area contributed by atoms with Gasteiger partial charge >= 0.3 is 5.97 Å². The molecular formula is C18H37IN4O3. The number of hydrogen-bond acceptors (Lipinski definition) is 5. The standard InChI is InChI=1S/C18H36N4O3.HI/c1-15(2)13-22-10-11-25-16(14-22)12-21-18(19-3)20-9-7-5-6-8-17(23)24-4;/h15-16H,5-14H2,1-4H3,(H2,19,20,21);1H. The Bertz CT molecular complexity index is 408. The van der Waals surface area contributed by atoms with Gasteiger partial charge in [-0.3, -0.25) is 14.7 Å². The normalized spacial score (nSPS) is 18.3. The van der Waals surface area contributed by atoms with E-state index in [4.69, 9.17) is 4.74 Å². The van der Waals surface area contributed by atoms with Crippen molar-refractivity contribution in [1.29, 1.82) is 0 Å². The van der Waals surface area contributed by atoms with Crippen LogP contribution in [0.2, 0.25) is 0 Å². The van der Waals surface area contributed by atoms with E-state index in [1.54, 1.807) is 7.05 Å². The van der Waals surface area contributed by atoms with Crippen molar-refractivity contribution >= 4 is 35.9 Å². The lowest BCUT2D eigenvalue weighted by molar-refractivity contribution is -0.140. The van der Waals surface area contributed by atoms with Crippen LogP contribution >= 0.6 is 24.0 Å². The summed E-state index contributed by atoms with van der Waals surface area (Å²) in [7, 11) is 3.21. The van der Waals surface area contributed by atoms with Gasteiger partial charge in [0.1, 0.15) is 0 Å². The maximum atomic E-state index is 11.0. The molecule has 0 amide bonds. The van der Waals surface area contributed by atoms with E-state index < -0.39 is 0 Å². The average molecular weight is 484 g/mol. The topological polar surface area (TPSA) is 75.2 Å². The van der Waals surface area contributed by atoms with Crippen LogP contribution in [0.5, 0.6) is 0 Å². The van der Waals surface area contributed by atoms with Crippen LogP contribution in [0.15, 0.2) is 4.99 Å².